The summed E-state index contributed by atoms with van der Waals surface area (Å²) in [5.41, 5.74) is 4.22. The van der Waals surface area contributed by atoms with E-state index >= 15 is 0 Å². The van der Waals surface area contributed by atoms with Gasteiger partial charge in [0.15, 0.2) is 0 Å². The molecule has 4 N–H and O–H groups in total. The molecule has 0 aliphatic rings. The van der Waals surface area contributed by atoms with Crippen molar-refractivity contribution in [3.8, 4) is 28.3 Å². The fourth-order valence-corrected chi connectivity index (χ4v) is 5.03. The molecule has 4 aromatic rings. The molecule has 0 saturated carbocycles. The van der Waals surface area contributed by atoms with Crippen molar-refractivity contribution in [3.63, 3.8) is 0 Å². The van der Waals surface area contributed by atoms with Crippen molar-refractivity contribution in [2.24, 2.45) is 0 Å². The number of halogens is 1. The zero-order valence-corrected chi connectivity index (χ0v) is 23.7. The van der Waals surface area contributed by atoms with Gasteiger partial charge in [0.05, 0.1) is 30.3 Å². The molecule has 0 aliphatic carbocycles. The Hall–Kier alpha value is -4.04. The van der Waals surface area contributed by atoms with Crippen LogP contribution in [0.4, 0.5) is 10.1 Å². The predicted molar refractivity (Wildman–Crippen MR) is 170 cm³/mol. The number of aliphatic hydroxyl groups excluding tert-OH is 2. The normalized spacial score (nSPS) is 12.4. The van der Waals surface area contributed by atoms with Crippen molar-refractivity contribution >= 4 is 53.2 Å². The number of aliphatic hydroxyl groups is 2. The van der Waals surface area contributed by atoms with Gasteiger partial charge < -0.3 is 25.2 Å². The van der Waals surface area contributed by atoms with Gasteiger partial charge in [-0.2, -0.15) is 5.26 Å². The Morgan fingerprint density at radius 2 is 1.64 bits per heavy atom. The van der Waals surface area contributed by atoms with Gasteiger partial charge >= 0.3 is 35.5 Å². The Labute approximate surface area is 277 Å². The van der Waals surface area contributed by atoms with Crippen molar-refractivity contribution in [2.75, 3.05) is 5.32 Å². The Kier molecular flexibility index (Phi) is 12.2. The molecule has 8 nitrogen and oxygen atoms in total. The molecule has 4 rings (SSSR count). The van der Waals surface area contributed by atoms with Crippen LogP contribution < -0.4 is 5.32 Å². The number of benzene rings is 3. The molecule has 0 aliphatic heterocycles. The third-order valence-corrected chi connectivity index (χ3v) is 6.82. The van der Waals surface area contributed by atoms with Crippen LogP contribution in [-0.4, -0.2) is 73.5 Å². The van der Waals surface area contributed by atoms with Crippen LogP contribution in [0.3, 0.4) is 0 Å². The molecule has 2 atom stereocenters. The number of rotatable bonds is 11. The first-order valence-electron chi connectivity index (χ1n) is 13.8. The summed E-state index contributed by atoms with van der Waals surface area (Å²) in [6.07, 6.45) is -0.0716. The van der Waals surface area contributed by atoms with E-state index in [1.807, 2.05) is 48.7 Å². The molecule has 222 valence electrons. The zero-order valence-electron chi connectivity index (χ0n) is 23.7. The maximum atomic E-state index is 14.1. The third-order valence-electron chi connectivity index (χ3n) is 6.82. The fourth-order valence-electron chi connectivity index (χ4n) is 5.03. The van der Waals surface area contributed by atoms with E-state index in [4.69, 9.17) is 5.11 Å². The molecule has 0 bridgehead atoms. The summed E-state index contributed by atoms with van der Waals surface area (Å²) in [4.78, 5) is 25.1. The zero-order chi connectivity index (χ0) is 31.1. The Morgan fingerprint density at radius 3 is 2.25 bits per heavy atom. The number of hydrogen-bond donors (Lipinski definition) is 4. The summed E-state index contributed by atoms with van der Waals surface area (Å²) >= 11 is 0. The van der Waals surface area contributed by atoms with Crippen molar-refractivity contribution in [3.05, 3.63) is 108 Å². The number of aromatic nitrogens is 1. The summed E-state index contributed by atoms with van der Waals surface area (Å²) in [7, 11) is 0. The second-order valence-corrected chi connectivity index (χ2v) is 10.4. The van der Waals surface area contributed by atoms with Crippen LogP contribution in [0.1, 0.15) is 54.5 Å². The fraction of sp³-hybridized carbons (Fsp3) is 0.206. The number of amides is 1. The molecule has 1 aromatic heterocycles. The average molecular weight is 606 g/mol. The van der Waals surface area contributed by atoms with Crippen LogP contribution >= 0.6 is 0 Å². The number of carbonyl (C=O) groups is 2. The van der Waals surface area contributed by atoms with Gasteiger partial charge in [0.25, 0.3) is 5.91 Å². The molecule has 0 unspecified atom stereocenters. The molecule has 3 aromatic carbocycles. The van der Waals surface area contributed by atoms with Crippen LogP contribution in [0.25, 0.3) is 28.3 Å². The minimum atomic E-state index is -1.25. The molecule has 0 fully saturated rings. The van der Waals surface area contributed by atoms with Gasteiger partial charge in [0.1, 0.15) is 11.5 Å². The van der Waals surface area contributed by atoms with E-state index in [1.54, 1.807) is 42.5 Å². The molecule has 0 radical (unpaired) electrons. The first-order valence-corrected chi connectivity index (χ1v) is 13.8. The Balaban J connectivity index is 0.00000529. The average Bonchev–Trinajstić information content (AvgIpc) is 3.32. The predicted octanol–water partition coefficient (Wildman–Crippen LogP) is 5.62. The standard InChI is InChI=1S/C34H32FN3O5.Na.H/c1-21(2)38-29(16-15-27(39)18-28(40)19-30(41)42)31(24-11-13-25(35)14-12-24)32(23-8-4-3-5-9-23)33(38)34(43)37-26-10-6-7-22(17-26)20-36;;/h3-17,21,27-28,39-40H,18-19H2,1-2H3,(H,37,43)(H,41,42);;/b16-15+;;/t27-,28-;;/m1../s1. The van der Waals surface area contributed by atoms with E-state index in [2.05, 4.69) is 11.4 Å². The summed E-state index contributed by atoms with van der Waals surface area (Å²) in [6.45, 7) is 3.81. The van der Waals surface area contributed by atoms with Crippen LogP contribution in [-0.2, 0) is 4.79 Å². The molecular weight excluding hydrogens is 572 g/mol. The minimum absolute atomic E-state index is 0. The van der Waals surface area contributed by atoms with E-state index in [0.717, 1.165) is 5.56 Å². The summed E-state index contributed by atoms with van der Waals surface area (Å²) in [6, 6.07) is 23.5. The van der Waals surface area contributed by atoms with Crippen molar-refractivity contribution < 1.29 is 29.3 Å². The quantitative estimate of drug-likeness (QED) is 0.164. The number of nitrogens with zero attached hydrogens (tertiary/aromatic N) is 2. The second-order valence-electron chi connectivity index (χ2n) is 10.4. The number of anilines is 1. The molecule has 44 heavy (non-hydrogen) atoms. The van der Waals surface area contributed by atoms with E-state index in [-0.39, 0.29) is 42.0 Å². The maximum absolute atomic E-state index is 14.1. The molecule has 1 amide bonds. The van der Waals surface area contributed by atoms with Crippen molar-refractivity contribution in [1.29, 1.82) is 5.26 Å². The SMILES string of the molecule is CC(C)n1c(/C=C/[C@@H](O)C[C@@H](O)CC(=O)O)c(-c2ccc(F)cc2)c(-c2ccccc2)c1C(=O)Nc1cccc(C#N)c1.[NaH]. The first kappa shape index (κ1) is 34.5. The topological polar surface area (TPSA) is 136 Å². The van der Waals surface area contributed by atoms with Gasteiger partial charge in [-0.3, -0.25) is 9.59 Å². The number of carboxylic acid groups (broad SMARTS) is 1. The van der Waals surface area contributed by atoms with Crippen molar-refractivity contribution in [1.82, 2.24) is 4.57 Å². The van der Waals surface area contributed by atoms with E-state index in [1.165, 1.54) is 18.2 Å². The van der Waals surface area contributed by atoms with E-state index in [9.17, 15) is 29.5 Å². The first-order chi connectivity index (χ1) is 20.6. The number of nitriles is 1. The summed E-state index contributed by atoms with van der Waals surface area (Å²) in [5, 5.41) is 41.9. The van der Waals surface area contributed by atoms with Gasteiger partial charge in [0.2, 0.25) is 0 Å². The molecule has 0 spiro atoms. The van der Waals surface area contributed by atoms with Crippen molar-refractivity contribution in [2.45, 2.75) is 44.9 Å². The number of carboxylic acids is 1. The van der Waals surface area contributed by atoms with Crippen LogP contribution in [0.2, 0.25) is 0 Å². The van der Waals surface area contributed by atoms with E-state index < -0.39 is 36.3 Å². The van der Waals surface area contributed by atoms with Gasteiger partial charge in [0, 0.05) is 35.0 Å². The van der Waals surface area contributed by atoms with E-state index in [0.29, 0.717) is 39.3 Å². The Bertz CT molecular complexity index is 1680. The van der Waals surface area contributed by atoms with Gasteiger partial charge in [-0.15, -0.1) is 0 Å². The van der Waals surface area contributed by atoms with Crippen LogP contribution in [0.5, 0.6) is 0 Å². The number of nitrogens with one attached hydrogen (secondary N) is 1. The summed E-state index contributed by atoms with van der Waals surface area (Å²) in [5.74, 6) is -2.05. The van der Waals surface area contributed by atoms with Crippen LogP contribution in [0, 0.1) is 17.1 Å². The number of carbonyl (C=O) groups excluding carboxylic acids is 1. The third kappa shape index (κ3) is 8.32. The van der Waals surface area contributed by atoms with Gasteiger partial charge in [-0.05, 0) is 61.4 Å². The van der Waals surface area contributed by atoms with Gasteiger partial charge in [-0.1, -0.05) is 54.6 Å². The van der Waals surface area contributed by atoms with Crippen LogP contribution in [0.15, 0.2) is 84.9 Å². The molecule has 1 heterocycles. The molecular formula is C34H33FN3NaO5. The number of hydrogen-bond acceptors (Lipinski definition) is 5. The summed E-state index contributed by atoms with van der Waals surface area (Å²) < 4.78 is 15.9. The second kappa shape index (κ2) is 15.6. The molecule has 0 saturated heterocycles. The number of aliphatic carboxylic acids is 1. The molecule has 10 heteroatoms. The van der Waals surface area contributed by atoms with Gasteiger partial charge in [-0.25, -0.2) is 4.39 Å². The monoisotopic (exact) mass is 605 g/mol. The Morgan fingerprint density at radius 1 is 0.977 bits per heavy atom.